The van der Waals surface area contributed by atoms with E-state index in [1.807, 2.05) is 19.1 Å². The van der Waals surface area contributed by atoms with Gasteiger partial charge in [0.2, 0.25) is 5.78 Å². The van der Waals surface area contributed by atoms with Crippen molar-refractivity contribution in [3.63, 3.8) is 0 Å². The van der Waals surface area contributed by atoms with Gasteiger partial charge in [0, 0.05) is 34.3 Å². The maximum Gasteiger partial charge on any atom is 0.203 e. The zero-order valence-electron chi connectivity index (χ0n) is 26.1. The number of phenolic OH excluding ortho intramolecular Hbond substituents is 1. The van der Waals surface area contributed by atoms with Crippen molar-refractivity contribution in [3.05, 3.63) is 81.1 Å². The summed E-state index contributed by atoms with van der Waals surface area (Å²) < 4.78 is 0. The molecule has 1 fully saturated rings. The molecule has 2 aromatic carbocycles. The van der Waals surface area contributed by atoms with E-state index >= 15 is 0 Å². The molecule has 3 aliphatic rings. The minimum absolute atomic E-state index is 0.0438. The van der Waals surface area contributed by atoms with E-state index < -0.39 is 56.8 Å². The van der Waals surface area contributed by atoms with Gasteiger partial charge in [-0.2, -0.15) is 0 Å². The maximum atomic E-state index is 14.5. The number of aliphatic hydroxyl groups is 3. The van der Waals surface area contributed by atoms with Gasteiger partial charge in [-0.25, -0.2) is 0 Å². The van der Waals surface area contributed by atoms with Crippen LogP contribution in [0.4, 0.5) is 0 Å². The number of rotatable bonds is 7. The van der Waals surface area contributed by atoms with Crippen LogP contribution in [0.25, 0.3) is 5.76 Å². The number of aromatic hydroxyl groups is 1. The molecule has 1 unspecified atom stereocenters. The van der Waals surface area contributed by atoms with Gasteiger partial charge in [-0.15, -0.1) is 0 Å². The molecule has 232 valence electrons. The summed E-state index contributed by atoms with van der Waals surface area (Å²) in [5.41, 5.74) is -3.43. The Morgan fingerprint density at radius 3 is 2.23 bits per heavy atom. The summed E-state index contributed by atoms with van der Waals surface area (Å²) in [4.78, 5) is 53.6. The zero-order valence-corrected chi connectivity index (χ0v) is 26.1. The van der Waals surface area contributed by atoms with Crippen LogP contribution >= 0.6 is 0 Å². The zero-order chi connectivity index (χ0) is 32.5. The number of ketones is 4. The van der Waals surface area contributed by atoms with Crippen molar-refractivity contribution < 1.29 is 39.6 Å². The van der Waals surface area contributed by atoms with E-state index in [1.54, 1.807) is 52.0 Å². The summed E-state index contributed by atoms with van der Waals surface area (Å²) in [7, 11) is 0. The normalized spacial score (nSPS) is 28.1. The van der Waals surface area contributed by atoms with Crippen molar-refractivity contribution >= 4 is 28.9 Å². The van der Waals surface area contributed by atoms with Crippen LogP contribution in [0.5, 0.6) is 5.75 Å². The fourth-order valence-electron chi connectivity index (χ4n) is 8.44. The van der Waals surface area contributed by atoms with Crippen molar-refractivity contribution in [2.24, 2.45) is 22.7 Å². The molecule has 5 rings (SSSR count). The predicted molar refractivity (Wildman–Crippen MR) is 164 cm³/mol. The molecule has 2 aromatic rings. The minimum atomic E-state index is -2.65. The molecule has 44 heavy (non-hydrogen) atoms. The lowest BCUT2D eigenvalue weighted by Gasteiger charge is -2.59. The van der Waals surface area contributed by atoms with Crippen molar-refractivity contribution in [2.75, 3.05) is 0 Å². The maximum absolute atomic E-state index is 14.5. The number of carbonyl (C=O) groups is 4. The lowest BCUT2D eigenvalue weighted by molar-refractivity contribution is -0.178. The van der Waals surface area contributed by atoms with Crippen LogP contribution in [-0.4, -0.2) is 49.2 Å². The van der Waals surface area contributed by atoms with E-state index in [9.17, 15) is 39.6 Å². The van der Waals surface area contributed by atoms with Crippen molar-refractivity contribution in [3.8, 4) is 5.75 Å². The van der Waals surface area contributed by atoms with Crippen LogP contribution < -0.4 is 0 Å². The number of phenols is 1. The van der Waals surface area contributed by atoms with Gasteiger partial charge >= 0.3 is 0 Å². The first-order chi connectivity index (χ1) is 20.5. The average Bonchev–Trinajstić information content (AvgIpc) is 2.94. The largest absolute Gasteiger partial charge is 0.508 e. The van der Waals surface area contributed by atoms with Crippen LogP contribution in [0, 0.1) is 22.7 Å². The summed E-state index contributed by atoms with van der Waals surface area (Å²) in [6.45, 7) is 9.98. The van der Waals surface area contributed by atoms with E-state index in [-0.39, 0.29) is 54.3 Å². The molecule has 1 saturated carbocycles. The number of benzene rings is 2. The van der Waals surface area contributed by atoms with Gasteiger partial charge in [-0.3, -0.25) is 19.2 Å². The van der Waals surface area contributed by atoms with Crippen molar-refractivity contribution in [2.45, 2.75) is 79.2 Å². The molecule has 8 heteroatoms. The molecule has 0 amide bonds. The Morgan fingerprint density at radius 2 is 1.66 bits per heavy atom. The Bertz CT molecular complexity index is 1680. The van der Waals surface area contributed by atoms with Gasteiger partial charge in [-0.1, -0.05) is 71.0 Å². The monoisotopic (exact) mass is 600 g/mol. The third-order valence-corrected chi connectivity index (χ3v) is 10.3. The van der Waals surface area contributed by atoms with E-state index in [0.717, 1.165) is 12.5 Å². The summed E-state index contributed by atoms with van der Waals surface area (Å²) in [6.07, 6.45) is 1.13. The Labute approximate surface area is 257 Å². The second-order valence-corrected chi connectivity index (χ2v) is 13.5. The molecular weight excluding hydrogens is 560 g/mol. The van der Waals surface area contributed by atoms with Crippen LogP contribution in [0.15, 0.2) is 53.3 Å². The van der Waals surface area contributed by atoms with E-state index in [0.29, 0.717) is 23.1 Å². The average molecular weight is 601 g/mol. The van der Waals surface area contributed by atoms with E-state index in [2.05, 4.69) is 0 Å². The molecule has 0 radical (unpaired) electrons. The number of aryl methyl sites for hydroxylation is 2. The molecular formula is C36H40O8. The Kier molecular flexibility index (Phi) is 7.52. The Hall–Kier alpha value is -4.04. The number of aliphatic hydroxyl groups excluding tert-OH is 2. The van der Waals surface area contributed by atoms with Crippen LogP contribution in [0.3, 0.4) is 0 Å². The summed E-state index contributed by atoms with van der Waals surface area (Å²) >= 11 is 0. The number of carbonyl (C=O) groups excluding carboxylic acids is 4. The first-order valence-corrected chi connectivity index (χ1v) is 15.2. The number of hydrogen-bond donors (Lipinski definition) is 4. The predicted octanol–water partition coefficient (Wildman–Crippen LogP) is 5.57. The molecule has 0 saturated heterocycles. The fraction of sp³-hybridized carbons (Fsp3) is 0.444. The van der Waals surface area contributed by atoms with Crippen molar-refractivity contribution in [1.82, 2.24) is 0 Å². The molecule has 0 bridgehead atoms. The number of Topliss-reactive ketones (excluding diaryl/α,β-unsaturated/α-hetero) is 4. The highest BCUT2D eigenvalue weighted by Crippen LogP contribution is 2.65. The van der Waals surface area contributed by atoms with E-state index in [1.165, 1.54) is 0 Å². The molecule has 0 spiro atoms. The van der Waals surface area contributed by atoms with Gasteiger partial charge in [0.1, 0.15) is 22.8 Å². The third kappa shape index (κ3) is 4.21. The third-order valence-electron chi connectivity index (χ3n) is 10.3. The smallest absolute Gasteiger partial charge is 0.203 e. The van der Waals surface area contributed by atoms with Crippen LogP contribution in [0.1, 0.15) is 87.0 Å². The lowest BCUT2D eigenvalue weighted by Crippen LogP contribution is -2.69. The minimum Gasteiger partial charge on any atom is -0.508 e. The van der Waals surface area contributed by atoms with Crippen LogP contribution in [0.2, 0.25) is 0 Å². The molecule has 0 aromatic heterocycles. The first-order valence-electron chi connectivity index (χ1n) is 15.2. The summed E-state index contributed by atoms with van der Waals surface area (Å²) in [5, 5.41) is 46.9. The molecule has 8 nitrogen and oxygen atoms in total. The number of allylic oxidation sites excluding steroid dienone is 1. The molecule has 0 heterocycles. The summed E-state index contributed by atoms with van der Waals surface area (Å²) in [5.74, 6) is -5.55. The van der Waals surface area contributed by atoms with Crippen LogP contribution in [-0.2, 0) is 33.6 Å². The molecule has 0 aliphatic heterocycles. The SMILES string of the molecule is CCc1cc(CCC(=O)c2ccccc2)c(O)c2c1C[C@]1(C)C[C@]3(C)C(C(C)C)C(=O)C(C(C)=O)=C(O)[C@]3(O)C(=O)C1=C2O. The quantitative estimate of drug-likeness (QED) is 0.238. The highest BCUT2D eigenvalue weighted by atomic mass is 16.3. The first kappa shape index (κ1) is 31.4. The van der Waals surface area contributed by atoms with Crippen molar-refractivity contribution in [1.29, 1.82) is 0 Å². The van der Waals surface area contributed by atoms with Gasteiger partial charge in [0.25, 0.3) is 0 Å². The van der Waals surface area contributed by atoms with Gasteiger partial charge in [-0.05, 0) is 55.2 Å². The Balaban J connectivity index is 1.69. The van der Waals surface area contributed by atoms with Gasteiger partial charge in [0.15, 0.2) is 23.0 Å². The second-order valence-electron chi connectivity index (χ2n) is 13.5. The summed E-state index contributed by atoms with van der Waals surface area (Å²) in [6, 6.07) is 10.7. The Morgan fingerprint density at radius 1 is 1.02 bits per heavy atom. The standard InChI is InChI=1S/C36H40O8/c1-7-20-15-22(13-14-24(38)21-11-9-8-10-12-21)29(39)26-23(20)16-34(5)17-35(6)27(18(2)3)30(40)25(19(4)37)32(42)36(35,44)33(43)28(34)31(26)41/h8-12,15,18,27,39,41-42,44H,7,13-14,16-17H2,1-6H3/t27?,34-,35-,36+/m1/s1. The van der Waals surface area contributed by atoms with E-state index in [4.69, 9.17) is 0 Å². The highest BCUT2D eigenvalue weighted by molar-refractivity contribution is 6.24. The van der Waals surface area contributed by atoms with Gasteiger partial charge in [0.05, 0.1) is 5.56 Å². The number of hydrogen-bond acceptors (Lipinski definition) is 8. The number of fused-ring (bicyclic) bond motifs is 3. The molecule has 4 N–H and O–H groups in total. The lowest BCUT2D eigenvalue weighted by atomic mass is 9.43. The van der Waals surface area contributed by atoms with Gasteiger partial charge < -0.3 is 20.4 Å². The topological polar surface area (TPSA) is 149 Å². The fourth-order valence-corrected chi connectivity index (χ4v) is 8.44. The highest BCUT2D eigenvalue weighted by Gasteiger charge is 2.72. The second kappa shape index (κ2) is 10.5. The molecule has 4 atom stereocenters. The molecule has 3 aliphatic carbocycles.